The maximum absolute atomic E-state index is 13.6. The number of imidazole rings is 1. The molecule has 3 aromatic heterocycles. The maximum Gasteiger partial charge on any atom is 0.329 e. The Bertz CT molecular complexity index is 1270. The van der Waals surface area contributed by atoms with E-state index in [1.807, 2.05) is 39.6 Å². The van der Waals surface area contributed by atoms with E-state index in [0.29, 0.717) is 6.54 Å². The van der Waals surface area contributed by atoms with Crippen molar-refractivity contribution in [1.29, 1.82) is 0 Å². The van der Waals surface area contributed by atoms with Crippen LogP contribution in [-0.2, 0) is 6.54 Å². The van der Waals surface area contributed by atoms with Crippen molar-refractivity contribution < 1.29 is 0 Å². The third kappa shape index (κ3) is 3.26. The quantitative estimate of drug-likeness (QED) is 0.452. The van der Waals surface area contributed by atoms with E-state index in [1.54, 1.807) is 12.4 Å². The summed E-state index contributed by atoms with van der Waals surface area (Å²) in [6.07, 6.45) is 7.43. The van der Waals surface area contributed by atoms with E-state index in [1.165, 1.54) is 0 Å². The molecule has 0 N–H and O–H groups in total. The lowest BCUT2D eigenvalue weighted by Gasteiger charge is -2.31. The fraction of sp³-hybridized carbons (Fsp3) is 0.348. The number of hydrogen-bond acceptors (Lipinski definition) is 4. The third-order valence-electron chi connectivity index (χ3n) is 6.25. The molecule has 0 bridgehead atoms. The number of aromatic nitrogens is 4. The van der Waals surface area contributed by atoms with Crippen molar-refractivity contribution in [2.24, 2.45) is 0 Å². The number of likely N-dealkylation sites (tertiary alicyclic amines) is 1. The molecule has 7 heteroatoms. The first-order chi connectivity index (χ1) is 14.7. The Hall–Kier alpha value is -2.51. The molecule has 5 rings (SSSR count). The minimum atomic E-state index is 0.0230. The van der Waals surface area contributed by atoms with Crippen LogP contribution in [0, 0.1) is 0 Å². The molecule has 1 aliphatic rings. The summed E-state index contributed by atoms with van der Waals surface area (Å²) in [4.78, 5) is 25.0. The van der Waals surface area contributed by atoms with Crippen molar-refractivity contribution in [2.75, 3.05) is 19.6 Å². The first-order valence-electron chi connectivity index (χ1n) is 10.5. The van der Waals surface area contributed by atoms with Gasteiger partial charge in [-0.25, -0.2) is 4.79 Å². The van der Waals surface area contributed by atoms with Crippen molar-refractivity contribution in [1.82, 2.24) is 24.0 Å². The van der Waals surface area contributed by atoms with E-state index in [9.17, 15) is 4.79 Å². The molecule has 6 nitrogen and oxygen atoms in total. The monoisotopic (exact) mass is 465 g/mol. The van der Waals surface area contributed by atoms with Crippen molar-refractivity contribution in [2.45, 2.75) is 32.4 Å². The van der Waals surface area contributed by atoms with Crippen LogP contribution < -0.4 is 5.69 Å². The Labute approximate surface area is 183 Å². The molecule has 4 heterocycles. The molecule has 1 saturated heterocycles. The third-order valence-corrected chi connectivity index (χ3v) is 7.14. The Kier molecular flexibility index (Phi) is 5.16. The summed E-state index contributed by atoms with van der Waals surface area (Å²) < 4.78 is 4.74. The number of nitrogens with zero attached hydrogens (tertiary/aromatic N) is 5. The largest absolute Gasteiger partial charge is 0.329 e. The van der Waals surface area contributed by atoms with Gasteiger partial charge < -0.3 is 4.90 Å². The zero-order chi connectivity index (χ0) is 20.7. The van der Waals surface area contributed by atoms with Gasteiger partial charge in [-0.05, 0) is 46.8 Å². The molecule has 0 saturated carbocycles. The van der Waals surface area contributed by atoms with Gasteiger partial charge >= 0.3 is 5.69 Å². The van der Waals surface area contributed by atoms with Gasteiger partial charge in [-0.1, -0.05) is 31.2 Å². The lowest BCUT2D eigenvalue weighted by Crippen LogP contribution is -2.37. The van der Waals surface area contributed by atoms with Gasteiger partial charge in [0.2, 0.25) is 0 Å². The lowest BCUT2D eigenvalue weighted by atomic mass is 10.0. The van der Waals surface area contributed by atoms with Crippen molar-refractivity contribution in [3.8, 4) is 0 Å². The van der Waals surface area contributed by atoms with Crippen molar-refractivity contribution in [3.63, 3.8) is 0 Å². The van der Waals surface area contributed by atoms with Crippen LogP contribution in [0.1, 0.15) is 31.5 Å². The number of halogens is 1. The van der Waals surface area contributed by atoms with Crippen LogP contribution in [-0.4, -0.2) is 43.6 Å². The van der Waals surface area contributed by atoms with Crippen LogP contribution in [0.2, 0.25) is 0 Å². The molecule has 1 aromatic carbocycles. The number of pyridine rings is 2. The smallest absolute Gasteiger partial charge is 0.303 e. The molecule has 154 valence electrons. The number of benzene rings is 1. The fourth-order valence-electron chi connectivity index (χ4n) is 4.56. The first-order valence-corrected chi connectivity index (χ1v) is 11.3. The standard InChI is InChI=1S/C23H24BrN5O/c1-2-27-11-8-17(9-12-27)29-20-7-10-25-14-21(20)28(23(29)30)15-19-22(24)18-6-4-3-5-16(18)13-26-19/h3-7,10,13-14,17H,2,8-9,11-12,15H2,1H3. The molecule has 4 aromatic rings. The minimum Gasteiger partial charge on any atom is -0.303 e. The summed E-state index contributed by atoms with van der Waals surface area (Å²) in [5, 5.41) is 2.18. The molecule has 0 atom stereocenters. The van der Waals surface area contributed by atoms with Gasteiger partial charge in [-0.2, -0.15) is 0 Å². The predicted octanol–water partition coefficient (Wildman–Crippen LogP) is 4.21. The second kappa shape index (κ2) is 7.96. The van der Waals surface area contributed by atoms with E-state index >= 15 is 0 Å². The van der Waals surface area contributed by atoms with Crippen molar-refractivity contribution >= 4 is 37.7 Å². The molecule has 0 unspecified atom stereocenters. The molecule has 30 heavy (non-hydrogen) atoms. The Morgan fingerprint density at radius 1 is 1.10 bits per heavy atom. The fourth-order valence-corrected chi connectivity index (χ4v) is 5.14. The van der Waals surface area contributed by atoms with E-state index in [0.717, 1.165) is 64.4 Å². The molecule has 1 fully saturated rings. The average molecular weight is 466 g/mol. The molecule has 0 radical (unpaired) electrons. The second-order valence-corrected chi connectivity index (χ2v) is 8.67. The van der Waals surface area contributed by atoms with Gasteiger partial charge in [0, 0.05) is 41.4 Å². The molecular weight excluding hydrogens is 442 g/mol. The highest BCUT2D eigenvalue weighted by molar-refractivity contribution is 9.10. The molecular formula is C23H24BrN5O. The minimum absolute atomic E-state index is 0.0230. The predicted molar refractivity (Wildman–Crippen MR) is 123 cm³/mol. The van der Waals surface area contributed by atoms with Gasteiger partial charge in [0.1, 0.15) is 0 Å². The number of hydrogen-bond donors (Lipinski definition) is 0. The SMILES string of the molecule is CCN1CCC(n2c(=O)n(Cc3ncc4ccccc4c3Br)c3cnccc32)CC1. The molecule has 1 aliphatic heterocycles. The highest BCUT2D eigenvalue weighted by Crippen LogP contribution is 2.28. The Morgan fingerprint density at radius 2 is 1.90 bits per heavy atom. The van der Waals surface area contributed by atoms with Gasteiger partial charge in [0.15, 0.2) is 0 Å². The highest BCUT2D eigenvalue weighted by Gasteiger charge is 2.25. The van der Waals surface area contributed by atoms with Crippen molar-refractivity contribution in [3.05, 3.63) is 69.6 Å². The van der Waals surface area contributed by atoms with Crippen LogP contribution in [0.25, 0.3) is 21.8 Å². The maximum atomic E-state index is 13.6. The van der Waals surface area contributed by atoms with Gasteiger partial charge in [0.05, 0.1) is 29.5 Å². The summed E-state index contributed by atoms with van der Waals surface area (Å²) >= 11 is 3.72. The first kappa shape index (κ1) is 19.5. The van der Waals surface area contributed by atoms with Crippen LogP contribution in [0.5, 0.6) is 0 Å². The molecule has 0 spiro atoms. The second-order valence-electron chi connectivity index (χ2n) is 7.87. The topological polar surface area (TPSA) is 56.0 Å². The van der Waals surface area contributed by atoms with Gasteiger partial charge in [-0.15, -0.1) is 0 Å². The van der Waals surface area contributed by atoms with Gasteiger partial charge in [0.25, 0.3) is 0 Å². The normalized spacial score (nSPS) is 15.9. The van der Waals surface area contributed by atoms with Crippen LogP contribution in [0.3, 0.4) is 0 Å². The van der Waals surface area contributed by atoms with Gasteiger partial charge in [-0.3, -0.25) is 19.1 Å². The summed E-state index contributed by atoms with van der Waals surface area (Å²) in [6.45, 7) is 5.73. The summed E-state index contributed by atoms with van der Waals surface area (Å²) in [7, 11) is 0. The van der Waals surface area contributed by atoms with E-state index in [2.05, 4.69) is 43.8 Å². The summed E-state index contributed by atoms with van der Waals surface area (Å²) in [5.41, 5.74) is 2.69. The zero-order valence-electron chi connectivity index (χ0n) is 17.0. The summed E-state index contributed by atoms with van der Waals surface area (Å²) in [5.74, 6) is 0. The Morgan fingerprint density at radius 3 is 2.70 bits per heavy atom. The van der Waals surface area contributed by atoms with Crippen LogP contribution >= 0.6 is 15.9 Å². The van der Waals surface area contributed by atoms with E-state index < -0.39 is 0 Å². The zero-order valence-corrected chi connectivity index (χ0v) is 18.5. The number of piperidine rings is 1. The van der Waals surface area contributed by atoms with Crippen LogP contribution in [0.4, 0.5) is 0 Å². The van der Waals surface area contributed by atoms with E-state index in [-0.39, 0.29) is 11.7 Å². The highest BCUT2D eigenvalue weighted by atomic mass is 79.9. The summed E-state index contributed by atoms with van der Waals surface area (Å²) in [6, 6.07) is 10.3. The van der Waals surface area contributed by atoms with Crippen LogP contribution in [0.15, 0.2) is 58.2 Å². The molecule has 0 aliphatic carbocycles. The number of rotatable bonds is 4. The molecule has 0 amide bonds. The Balaban J connectivity index is 1.58. The lowest BCUT2D eigenvalue weighted by molar-refractivity contribution is 0.194. The number of fused-ring (bicyclic) bond motifs is 2. The van der Waals surface area contributed by atoms with E-state index in [4.69, 9.17) is 0 Å². The average Bonchev–Trinajstić information content (AvgIpc) is 3.07.